The number of hydrogen-bond acceptors (Lipinski definition) is 3. The lowest BCUT2D eigenvalue weighted by atomic mass is 10.2. The van der Waals surface area contributed by atoms with Crippen LogP contribution in [0.2, 0.25) is 0 Å². The van der Waals surface area contributed by atoms with E-state index >= 15 is 0 Å². The molecule has 0 bridgehead atoms. The normalized spacial score (nSPS) is 12.6. The van der Waals surface area contributed by atoms with Gasteiger partial charge in [0, 0.05) is 9.99 Å². The number of hydrogen-bond donors (Lipinski definition) is 0. The molecule has 0 N–H and O–H groups in total. The lowest BCUT2D eigenvalue weighted by Crippen LogP contribution is -2.03. The highest BCUT2D eigenvalue weighted by atomic mass is 127. The smallest absolute Gasteiger partial charge is 0.0998 e. The topological polar surface area (TPSA) is 48.5 Å². The monoisotopic (exact) mass is 377 g/mol. The number of aromatic nitrogens is 5. The molecule has 1 aliphatic heterocycles. The van der Waals surface area contributed by atoms with Gasteiger partial charge in [-0.2, -0.15) is 0 Å². The van der Waals surface area contributed by atoms with Crippen LogP contribution in [0, 0.1) is 17.4 Å². The molecule has 0 spiro atoms. The third-order valence-corrected chi connectivity index (χ3v) is 4.46. The van der Waals surface area contributed by atoms with Crippen molar-refractivity contribution in [1.82, 2.24) is 24.5 Å². The molecule has 0 aliphatic carbocycles. The Balaban J connectivity index is 2.14. The Kier molecular flexibility index (Phi) is 2.50. The van der Waals surface area contributed by atoms with Crippen molar-refractivity contribution in [1.29, 1.82) is 0 Å². The van der Waals surface area contributed by atoms with E-state index in [0.29, 0.717) is 0 Å². The van der Waals surface area contributed by atoms with Crippen molar-refractivity contribution in [2.45, 2.75) is 20.3 Å². The SMILES string of the molecule is Cc1ncn2c1Cc1c(C)nnn1-c1cc(I)ccc1-2. The fourth-order valence-electron chi connectivity index (χ4n) is 2.69. The first kappa shape index (κ1) is 12.1. The predicted octanol–water partition coefficient (Wildman–Crippen LogP) is 2.58. The molecule has 0 atom stereocenters. The number of imidazole rings is 1. The highest BCUT2D eigenvalue weighted by Gasteiger charge is 2.23. The van der Waals surface area contributed by atoms with Gasteiger partial charge in [-0.3, -0.25) is 0 Å². The first-order valence-corrected chi connectivity index (χ1v) is 7.47. The molecule has 1 aromatic carbocycles. The van der Waals surface area contributed by atoms with Crippen molar-refractivity contribution in [3.8, 4) is 11.4 Å². The summed E-state index contributed by atoms with van der Waals surface area (Å²) in [5.74, 6) is 0. The first-order chi connectivity index (χ1) is 9.65. The molecule has 0 saturated carbocycles. The second-order valence-corrected chi connectivity index (χ2v) is 6.24. The van der Waals surface area contributed by atoms with Crippen LogP contribution >= 0.6 is 22.6 Å². The van der Waals surface area contributed by atoms with Gasteiger partial charge >= 0.3 is 0 Å². The summed E-state index contributed by atoms with van der Waals surface area (Å²) in [6.45, 7) is 4.06. The van der Waals surface area contributed by atoms with E-state index in [9.17, 15) is 0 Å². The number of halogens is 1. The molecule has 20 heavy (non-hydrogen) atoms. The molecule has 3 heterocycles. The van der Waals surface area contributed by atoms with Gasteiger partial charge in [-0.15, -0.1) is 5.10 Å². The van der Waals surface area contributed by atoms with E-state index < -0.39 is 0 Å². The number of nitrogens with zero attached hydrogens (tertiary/aromatic N) is 5. The fourth-order valence-corrected chi connectivity index (χ4v) is 3.16. The minimum absolute atomic E-state index is 0.802. The van der Waals surface area contributed by atoms with Crippen molar-refractivity contribution in [3.05, 3.63) is 50.9 Å². The highest BCUT2D eigenvalue weighted by Crippen LogP contribution is 2.30. The van der Waals surface area contributed by atoms with E-state index in [-0.39, 0.29) is 0 Å². The first-order valence-electron chi connectivity index (χ1n) is 6.39. The summed E-state index contributed by atoms with van der Waals surface area (Å²) < 4.78 is 5.30. The van der Waals surface area contributed by atoms with E-state index in [0.717, 1.165) is 34.9 Å². The predicted molar refractivity (Wildman–Crippen MR) is 83.5 cm³/mol. The average molecular weight is 377 g/mol. The molecule has 100 valence electrons. The Bertz CT molecular complexity index is 830. The minimum Gasteiger partial charge on any atom is -0.300 e. The number of rotatable bonds is 0. The molecule has 5 nitrogen and oxygen atoms in total. The molecular weight excluding hydrogens is 365 g/mol. The standard InChI is InChI=1S/C14H12IN5/c1-8-12-6-13-9(2)17-18-20(13)14-5-10(15)3-4-11(14)19(12)7-16-8/h3-5,7H,6H2,1-2H3. The lowest BCUT2D eigenvalue weighted by molar-refractivity contribution is 0.776. The summed E-state index contributed by atoms with van der Waals surface area (Å²) in [5, 5.41) is 8.56. The average Bonchev–Trinajstić information content (AvgIpc) is 2.92. The zero-order chi connectivity index (χ0) is 13.9. The summed E-state index contributed by atoms with van der Waals surface area (Å²) in [5.41, 5.74) is 6.54. The second-order valence-electron chi connectivity index (χ2n) is 4.99. The van der Waals surface area contributed by atoms with Crippen molar-refractivity contribution in [2.24, 2.45) is 0 Å². The van der Waals surface area contributed by atoms with Crippen LogP contribution in [0.1, 0.15) is 22.8 Å². The number of fused-ring (bicyclic) bond motifs is 5. The summed E-state index contributed by atoms with van der Waals surface area (Å²) in [6.07, 6.45) is 2.70. The van der Waals surface area contributed by atoms with Crippen molar-refractivity contribution < 1.29 is 0 Å². The quantitative estimate of drug-likeness (QED) is 0.443. The molecule has 0 amide bonds. The van der Waals surface area contributed by atoms with Crippen LogP contribution < -0.4 is 0 Å². The van der Waals surface area contributed by atoms with E-state index in [4.69, 9.17) is 0 Å². The highest BCUT2D eigenvalue weighted by molar-refractivity contribution is 14.1. The molecule has 0 unspecified atom stereocenters. The molecule has 0 saturated heterocycles. The summed E-state index contributed by atoms with van der Waals surface area (Å²) in [4.78, 5) is 4.46. The van der Waals surface area contributed by atoms with Crippen LogP contribution in [0.15, 0.2) is 24.5 Å². The zero-order valence-electron chi connectivity index (χ0n) is 11.1. The summed E-state index contributed by atoms with van der Waals surface area (Å²) in [7, 11) is 0. The lowest BCUT2D eigenvalue weighted by Gasteiger charge is -2.10. The zero-order valence-corrected chi connectivity index (χ0v) is 13.3. The number of benzene rings is 1. The van der Waals surface area contributed by atoms with Gasteiger partial charge in [0.15, 0.2) is 0 Å². The van der Waals surface area contributed by atoms with Crippen LogP contribution in [-0.2, 0) is 6.42 Å². The van der Waals surface area contributed by atoms with Gasteiger partial charge in [0.25, 0.3) is 0 Å². The second kappa shape index (κ2) is 4.15. The van der Waals surface area contributed by atoms with Gasteiger partial charge < -0.3 is 4.57 Å². The maximum atomic E-state index is 4.46. The van der Waals surface area contributed by atoms with Crippen LogP contribution in [0.3, 0.4) is 0 Å². The van der Waals surface area contributed by atoms with E-state index in [1.165, 1.54) is 9.26 Å². The molecule has 6 heteroatoms. The third kappa shape index (κ3) is 1.57. The van der Waals surface area contributed by atoms with E-state index in [2.05, 4.69) is 60.7 Å². The van der Waals surface area contributed by atoms with Crippen LogP contribution in [-0.4, -0.2) is 24.5 Å². The van der Waals surface area contributed by atoms with Gasteiger partial charge in [0.05, 0.1) is 40.5 Å². The van der Waals surface area contributed by atoms with Gasteiger partial charge in [0.2, 0.25) is 0 Å². The minimum atomic E-state index is 0.802. The van der Waals surface area contributed by atoms with Gasteiger partial charge in [-0.25, -0.2) is 9.67 Å². The maximum Gasteiger partial charge on any atom is 0.0998 e. The summed E-state index contributed by atoms with van der Waals surface area (Å²) >= 11 is 2.32. The fraction of sp³-hybridized carbons (Fsp3) is 0.214. The molecule has 3 aromatic rings. The molecular formula is C14H12IN5. The van der Waals surface area contributed by atoms with Crippen molar-refractivity contribution >= 4 is 22.6 Å². The van der Waals surface area contributed by atoms with E-state index in [1.807, 2.05) is 24.9 Å². The van der Waals surface area contributed by atoms with E-state index in [1.54, 1.807) is 0 Å². The Hall–Kier alpha value is -1.70. The molecule has 4 rings (SSSR count). The van der Waals surface area contributed by atoms with Crippen molar-refractivity contribution in [2.75, 3.05) is 0 Å². The molecule has 1 aliphatic rings. The van der Waals surface area contributed by atoms with Crippen LogP contribution in [0.5, 0.6) is 0 Å². The van der Waals surface area contributed by atoms with Gasteiger partial charge in [0.1, 0.15) is 0 Å². The summed E-state index contributed by atoms with van der Waals surface area (Å²) in [6, 6.07) is 6.36. The molecule has 2 aromatic heterocycles. The largest absolute Gasteiger partial charge is 0.300 e. The van der Waals surface area contributed by atoms with Crippen LogP contribution in [0.25, 0.3) is 11.4 Å². The molecule has 0 fully saturated rings. The van der Waals surface area contributed by atoms with Crippen molar-refractivity contribution in [3.63, 3.8) is 0 Å². The third-order valence-electron chi connectivity index (χ3n) is 3.79. The molecule has 0 radical (unpaired) electrons. The Morgan fingerprint density at radius 3 is 2.80 bits per heavy atom. The van der Waals surface area contributed by atoms with Gasteiger partial charge in [-0.1, -0.05) is 5.21 Å². The van der Waals surface area contributed by atoms with Gasteiger partial charge in [-0.05, 0) is 54.6 Å². The Morgan fingerprint density at radius 2 is 1.95 bits per heavy atom. The number of aryl methyl sites for hydroxylation is 2. The maximum absolute atomic E-state index is 4.46. The Labute approximate surface area is 129 Å². The Morgan fingerprint density at radius 1 is 1.10 bits per heavy atom. The van der Waals surface area contributed by atoms with Crippen LogP contribution in [0.4, 0.5) is 0 Å².